The fraction of sp³-hybridized carbons (Fsp3) is 0.474. The number of hydrogen-bond acceptors (Lipinski definition) is 7. The van der Waals surface area contributed by atoms with Crippen molar-refractivity contribution in [1.29, 1.82) is 0 Å². The molecular weight excluding hydrogens is 344 g/mol. The number of aromatic nitrogens is 5. The number of nitrogens with zero attached hydrogens (tertiary/aromatic N) is 5. The van der Waals surface area contributed by atoms with E-state index < -0.39 is 0 Å². The van der Waals surface area contributed by atoms with Crippen LogP contribution in [0.25, 0.3) is 28.2 Å². The topological polar surface area (TPSA) is 105 Å². The molecule has 5 rings (SSSR count). The lowest BCUT2D eigenvalue weighted by Crippen LogP contribution is -2.04. The summed E-state index contributed by atoms with van der Waals surface area (Å²) in [4.78, 5) is 8.58. The number of nitrogen functional groups attached to an aromatic ring is 1. The van der Waals surface area contributed by atoms with Crippen LogP contribution in [0.5, 0.6) is 0 Å². The van der Waals surface area contributed by atoms with Crippen LogP contribution in [0.3, 0.4) is 0 Å². The number of allylic oxidation sites excluding steroid dienone is 1. The molecule has 8 heteroatoms. The highest BCUT2D eigenvalue weighted by Crippen LogP contribution is 2.47. The molecule has 8 nitrogen and oxygen atoms in total. The molecule has 4 heterocycles. The summed E-state index contributed by atoms with van der Waals surface area (Å²) >= 11 is 0. The van der Waals surface area contributed by atoms with Crippen molar-refractivity contribution in [2.24, 2.45) is 0 Å². The van der Waals surface area contributed by atoms with Crippen molar-refractivity contribution in [2.75, 3.05) is 12.3 Å². The Balaban J connectivity index is 1.77. The number of ether oxygens (including phenoxy) is 1. The number of nitrogens with two attached hydrogens (primary N) is 1. The van der Waals surface area contributed by atoms with E-state index in [-0.39, 0.29) is 6.04 Å². The third kappa shape index (κ3) is 2.58. The molecule has 2 N–H and O–H groups in total. The van der Waals surface area contributed by atoms with Crippen LogP contribution in [-0.4, -0.2) is 31.5 Å². The zero-order chi connectivity index (χ0) is 18.5. The van der Waals surface area contributed by atoms with Gasteiger partial charge < -0.3 is 15.0 Å². The Bertz CT molecular complexity index is 1040. The first-order chi connectivity index (χ1) is 13.1. The van der Waals surface area contributed by atoms with Crippen LogP contribution in [-0.2, 0) is 4.74 Å². The highest BCUT2D eigenvalue weighted by atomic mass is 16.5. The van der Waals surface area contributed by atoms with Gasteiger partial charge in [0.1, 0.15) is 29.3 Å². The maximum absolute atomic E-state index is 6.21. The first-order valence-corrected chi connectivity index (χ1v) is 9.47. The Kier molecular flexibility index (Phi) is 3.66. The summed E-state index contributed by atoms with van der Waals surface area (Å²) in [6.45, 7) is 4.81. The van der Waals surface area contributed by atoms with E-state index in [2.05, 4.69) is 35.0 Å². The first kappa shape index (κ1) is 16.3. The molecule has 0 aromatic carbocycles. The van der Waals surface area contributed by atoms with Gasteiger partial charge in [-0.15, -0.1) is 0 Å². The SMILES string of the molecule is CC(C)n1nc(-c2noc(C3CC3)c2C2=CCCCO2)c2c(N)ncnc21. The highest BCUT2D eigenvalue weighted by molar-refractivity contribution is 5.99. The summed E-state index contributed by atoms with van der Waals surface area (Å²) in [5.41, 5.74) is 9.13. The molecule has 0 saturated heterocycles. The third-order valence-electron chi connectivity index (χ3n) is 5.08. The molecule has 0 spiro atoms. The molecule has 0 unspecified atom stereocenters. The number of fused-ring (bicyclic) bond motifs is 1. The average molecular weight is 366 g/mol. The van der Waals surface area contributed by atoms with E-state index in [0.29, 0.717) is 40.8 Å². The highest BCUT2D eigenvalue weighted by Gasteiger charge is 2.36. The number of rotatable bonds is 4. The Hall–Kier alpha value is -2.90. The monoisotopic (exact) mass is 366 g/mol. The maximum Gasteiger partial charge on any atom is 0.164 e. The minimum absolute atomic E-state index is 0.124. The lowest BCUT2D eigenvalue weighted by Gasteiger charge is -2.15. The van der Waals surface area contributed by atoms with E-state index in [1.807, 2.05) is 4.68 Å². The van der Waals surface area contributed by atoms with Crippen LogP contribution in [0.15, 0.2) is 16.9 Å². The lowest BCUT2D eigenvalue weighted by atomic mass is 10.0. The van der Waals surface area contributed by atoms with Crippen LogP contribution in [0, 0.1) is 0 Å². The molecule has 140 valence electrons. The lowest BCUT2D eigenvalue weighted by molar-refractivity contribution is 0.258. The van der Waals surface area contributed by atoms with Gasteiger partial charge in [-0.1, -0.05) is 5.16 Å². The zero-order valence-corrected chi connectivity index (χ0v) is 15.5. The number of anilines is 1. The minimum atomic E-state index is 0.124. The van der Waals surface area contributed by atoms with E-state index in [1.54, 1.807) is 0 Å². The Morgan fingerprint density at radius 2 is 2.07 bits per heavy atom. The second kappa shape index (κ2) is 6.07. The van der Waals surface area contributed by atoms with Gasteiger partial charge in [-0.2, -0.15) is 5.10 Å². The normalized spacial score (nSPS) is 17.4. The van der Waals surface area contributed by atoms with Crippen molar-refractivity contribution in [3.63, 3.8) is 0 Å². The first-order valence-electron chi connectivity index (χ1n) is 9.47. The Morgan fingerprint density at radius 1 is 1.22 bits per heavy atom. The molecule has 3 aromatic heterocycles. The predicted molar refractivity (Wildman–Crippen MR) is 101 cm³/mol. The van der Waals surface area contributed by atoms with E-state index in [1.165, 1.54) is 6.33 Å². The standard InChI is InChI=1S/C19H22N6O2/c1-10(2)25-19-14(18(20)21-9-22-19)15(23-25)16-13(12-5-3-4-8-26-12)17(27-24-16)11-6-7-11/h5,9-11H,3-4,6-8H2,1-2H3,(H2,20,21,22). The zero-order valence-electron chi connectivity index (χ0n) is 15.5. The fourth-order valence-electron chi connectivity index (χ4n) is 3.58. The van der Waals surface area contributed by atoms with Gasteiger partial charge in [0.25, 0.3) is 0 Å². The maximum atomic E-state index is 6.21. The molecule has 0 radical (unpaired) electrons. The minimum Gasteiger partial charge on any atom is -0.493 e. The predicted octanol–water partition coefficient (Wildman–Crippen LogP) is 3.67. The molecule has 1 saturated carbocycles. The van der Waals surface area contributed by atoms with Gasteiger partial charge in [0.2, 0.25) is 0 Å². The quantitative estimate of drug-likeness (QED) is 0.751. The van der Waals surface area contributed by atoms with Crippen molar-refractivity contribution < 1.29 is 9.26 Å². The molecule has 0 atom stereocenters. The summed E-state index contributed by atoms with van der Waals surface area (Å²) in [6.07, 6.45) is 7.81. The number of hydrogen-bond donors (Lipinski definition) is 1. The van der Waals surface area contributed by atoms with Gasteiger partial charge in [-0.25, -0.2) is 14.6 Å². The summed E-state index contributed by atoms with van der Waals surface area (Å²) in [6, 6.07) is 0.124. The van der Waals surface area contributed by atoms with Crippen molar-refractivity contribution in [3.8, 4) is 11.4 Å². The molecular formula is C19H22N6O2. The van der Waals surface area contributed by atoms with Gasteiger partial charge in [-0.3, -0.25) is 0 Å². The molecule has 0 bridgehead atoms. The largest absolute Gasteiger partial charge is 0.493 e. The van der Waals surface area contributed by atoms with Gasteiger partial charge in [0.15, 0.2) is 11.4 Å². The molecule has 3 aromatic rings. The molecule has 0 amide bonds. The summed E-state index contributed by atoms with van der Waals surface area (Å²) < 4.78 is 13.6. The molecule has 27 heavy (non-hydrogen) atoms. The van der Waals surface area contributed by atoms with E-state index in [4.69, 9.17) is 20.1 Å². The van der Waals surface area contributed by atoms with Crippen molar-refractivity contribution >= 4 is 22.6 Å². The average Bonchev–Trinajstić information content (AvgIpc) is 3.29. The van der Waals surface area contributed by atoms with Crippen molar-refractivity contribution in [1.82, 2.24) is 24.9 Å². The van der Waals surface area contributed by atoms with Crippen LogP contribution in [0.4, 0.5) is 5.82 Å². The van der Waals surface area contributed by atoms with E-state index in [0.717, 1.165) is 42.8 Å². The van der Waals surface area contributed by atoms with Crippen LogP contribution >= 0.6 is 0 Å². The van der Waals surface area contributed by atoms with Gasteiger partial charge in [0.05, 0.1) is 17.6 Å². The van der Waals surface area contributed by atoms with Gasteiger partial charge in [-0.05, 0) is 45.6 Å². The fourth-order valence-corrected chi connectivity index (χ4v) is 3.58. The second-order valence-corrected chi connectivity index (χ2v) is 7.45. The molecule has 2 aliphatic rings. The van der Waals surface area contributed by atoms with Crippen molar-refractivity contribution in [2.45, 2.75) is 51.5 Å². The Morgan fingerprint density at radius 3 is 2.78 bits per heavy atom. The third-order valence-corrected chi connectivity index (χ3v) is 5.08. The van der Waals surface area contributed by atoms with Crippen LogP contribution in [0.2, 0.25) is 0 Å². The van der Waals surface area contributed by atoms with Gasteiger partial charge >= 0.3 is 0 Å². The van der Waals surface area contributed by atoms with Crippen molar-refractivity contribution in [3.05, 3.63) is 23.7 Å². The smallest absolute Gasteiger partial charge is 0.164 e. The Labute approximate surface area is 156 Å². The summed E-state index contributed by atoms with van der Waals surface area (Å²) in [5.74, 6) is 2.52. The van der Waals surface area contributed by atoms with Crippen LogP contribution in [0.1, 0.15) is 62.8 Å². The molecule has 1 aliphatic carbocycles. The summed E-state index contributed by atoms with van der Waals surface area (Å²) in [5, 5.41) is 9.91. The molecule has 1 aliphatic heterocycles. The second-order valence-electron chi connectivity index (χ2n) is 7.45. The summed E-state index contributed by atoms with van der Waals surface area (Å²) in [7, 11) is 0. The van der Waals surface area contributed by atoms with Crippen LogP contribution < -0.4 is 5.73 Å². The van der Waals surface area contributed by atoms with E-state index >= 15 is 0 Å². The molecule has 1 fully saturated rings. The van der Waals surface area contributed by atoms with Gasteiger partial charge in [0, 0.05) is 12.0 Å². The van der Waals surface area contributed by atoms with E-state index in [9.17, 15) is 0 Å².